The molecule has 0 aliphatic heterocycles. The number of aryl methyl sites for hydroxylation is 3. The number of ketones is 2. The average molecular weight is 2260 g/mol. The van der Waals surface area contributed by atoms with Crippen LogP contribution in [0.5, 0.6) is 0 Å². The first-order chi connectivity index (χ1) is 54.0. The molecule has 0 amide bonds. The van der Waals surface area contributed by atoms with Gasteiger partial charge in [-0.05, 0) is 102 Å². The zero-order valence-corrected chi connectivity index (χ0v) is 78.3. The van der Waals surface area contributed by atoms with Crippen LogP contribution in [0.1, 0.15) is 94.2 Å². The van der Waals surface area contributed by atoms with Crippen LogP contribution in [0.2, 0.25) is 0 Å². The van der Waals surface area contributed by atoms with Crippen LogP contribution in [0.25, 0.3) is 89.8 Å². The van der Waals surface area contributed by atoms with Crippen LogP contribution in [0.4, 0.5) is 17.1 Å². The molecule has 2 N–H and O–H groups in total. The van der Waals surface area contributed by atoms with Gasteiger partial charge in [-0.1, -0.05) is 246 Å². The summed E-state index contributed by atoms with van der Waals surface area (Å²) >= 11 is 0. The molecule has 9 aromatic carbocycles. The second kappa shape index (κ2) is 46.5. The summed E-state index contributed by atoms with van der Waals surface area (Å²) in [4.78, 5) is 47.2. The van der Waals surface area contributed by atoms with Gasteiger partial charge >= 0.3 is 0 Å². The van der Waals surface area contributed by atoms with Gasteiger partial charge < -0.3 is 30.1 Å². The number of hydrogen-bond acceptors (Lipinski definition) is 11. The normalized spacial score (nSPS) is 11.0. The number of benzene rings is 9. The maximum absolute atomic E-state index is 11.5. The third-order valence-electron chi connectivity index (χ3n) is 17.7. The number of rotatable bonds is 13. The topological polar surface area (TPSA) is 160 Å². The number of carbonyl (C=O) groups is 2. The Balaban J connectivity index is 0.000000256. The number of allylic oxidation sites excluding steroid dienone is 4. The van der Waals surface area contributed by atoms with Crippen LogP contribution in [-0.2, 0) is 97.1 Å². The van der Waals surface area contributed by atoms with Crippen molar-refractivity contribution in [2.24, 2.45) is 28.7 Å². The standard InChI is InChI=1S/C29H21N2.C18H14N.C16H14N3.C16H11N2.2C11H20O2.4Ir/c1-4-11-23(12-5-1)24-13-10-14-25(21-24)29-22-28(19-20-30-29)31(26-15-6-2-7-16-26)27-17-8-3-9-18-27;1-14-10-11-18(19-13-14)17-9-5-8-16(12-17)15-6-3-2-4-7-15;1-12-6-8-17-15(10-12)13-4-3-5-14(11-13)16-7-9-18-19(16)2;1-2-6-13(7-3-1)14-8-4-9-15(12-14)16-17-10-5-11-18-16;2*1-10(2,3)8(12)7-9(13)11(4,5)6;;;;/h1-13,15-22H;2-8,10-13H,1H3;3,5-11H,1-2H3;1-8,10-12H;2*7,12H,1-6H3;;;;/q4*-1;;;;;;. The molecule has 0 bridgehead atoms. The van der Waals surface area contributed by atoms with E-state index in [0.29, 0.717) is 5.82 Å². The van der Waals surface area contributed by atoms with Crippen molar-refractivity contribution in [3.63, 3.8) is 0 Å². The zero-order valence-electron chi connectivity index (χ0n) is 68.7. The van der Waals surface area contributed by atoms with E-state index < -0.39 is 10.8 Å². The number of aromatic nitrogens is 7. The number of aliphatic hydroxyl groups is 2. The first-order valence-electron chi connectivity index (χ1n) is 37.6. The molecule has 0 unspecified atom stereocenters. The maximum atomic E-state index is 11.5. The van der Waals surface area contributed by atoms with E-state index in [0.717, 1.165) is 78.8 Å². The second-order valence-electron chi connectivity index (χ2n) is 31.1. The summed E-state index contributed by atoms with van der Waals surface area (Å²) < 4.78 is 1.86. The van der Waals surface area contributed by atoms with E-state index in [-0.39, 0.29) is 114 Å². The third-order valence-corrected chi connectivity index (χ3v) is 17.7. The first-order valence-corrected chi connectivity index (χ1v) is 37.6. The molecule has 0 aliphatic carbocycles. The van der Waals surface area contributed by atoms with Crippen molar-refractivity contribution in [3.05, 3.63) is 369 Å². The fourth-order valence-electron chi connectivity index (χ4n) is 10.9. The molecular formula is C101H100Ir4N8O4-4. The van der Waals surface area contributed by atoms with Gasteiger partial charge in [-0.15, -0.1) is 136 Å². The molecule has 14 aromatic rings. The minimum atomic E-state index is -0.417. The van der Waals surface area contributed by atoms with Crippen molar-refractivity contribution in [3.8, 4) is 89.8 Å². The molecule has 608 valence electrons. The predicted molar refractivity (Wildman–Crippen MR) is 464 cm³/mol. The summed E-state index contributed by atoms with van der Waals surface area (Å²) in [5.74, 6) is 0.912. The Kier molecular flexibility index (Phi) is 38.6. The number of nitrogens with zero attached hydrogens (tertiary/aromatic N) is 8. The number of pyridine rings is 3. The van der Waals surface area contributed by atoms with E-state index in [2.05, 4.69) is 230 Å². The third kappa shape index (κ3) is 30.2. The predicted octanol–water partition coefficient (Wildman–Crippen LogP) is 25.2. The van der Waals surface area contributed by atoms with Crippen molar-refractivity contribution in [1.29, 1.82) is 0 Å². The molecule has 0 fully saturated rings. The summed E-state index contributed by atoms with van der Waals surface area (Å²) in [5, 5.41) is 23.3. The van der Waals surface area contributed by atoms with Crippen molar-refractivity contribution in [2.75, 3.05) is 4.90 Å². The Labute approximate surface area is 746 Å². The summed E-state index contributed by atoms with van der Waals surface area (Å²) in [7, 11) is 1.94. The number of anilines is 3. The van der Waals surface area contributed by atoms with Gasteiger partial charge in [-0.3, -0.25) is 24.2 Å². The average Bonchev–Trinajstić information content (AvgIpc) is 0.993. The zero-order chi connectivity index (χ0) is 81.1. The largest absolute Gasteiger partial charge is 0.512 e. The first kappa shape index (κ1) is 97.1. The Hall–Kier alpha value is -10.5. The summed E-state index contributed by atoms with van der Waals surface area (Å²) in [6, 6.07) is 105. The van der Waals surface area contributed by atoms with Crippen LogP contribution in [0.3, 0.4) is 0 Å². The summed E-state index contributed by atoms with van der Waals surface area (Å²) in [5.41, 5.74) is 20.1. The number of aliphatic hydroxyl groups excluding tert-OH is 2. The van der Waals surface area contributed by atoms with Crippen LogP contribution < -0.4 is 4.90 Å². The van der Waals surface area contributed by atoms with Crippen LogP contribution in [0.15, 0.2) is 334 Å². The van der Waals surface area contributed by atoms with E-state index in [1.807, 2.05) is 230 Å². The SMILES string of the molecule is CC(C)(C)C(=O)C=C(O)C(C)(C)C.CC(C)(C)C(=O)C=C(O)C(C)(C)C.Cc1ccc(-c2[c-]ccc(-c3ccccc3)c2)nc1.Cc1ccnc(-c2[c-]ccc(-c3ccnn3C)c2)c1.[Ir].[Ir].[Ir].[Ir].[c-]1ccc(-c2ccccc2)cc1-c1cc(N(c2ccccc2)c2ccccc2)ccn1.[c-]1ccc(-c2ccccc2)cc1-c1ncccn1. The molecule has 4 radical (unpaired) electrons. The minimum absolute atomic E-state index is 0. The molecule has 0 saturated carbocycles. The van der Waals surface area contributed by atoms with Crippen molar-refractivity contribution < 1.29 is 100 Å². The van der Waals surface area contributed by atoms with Crippen LogP contribution >= 0.6 is 0 Å². The Morgan fingerprint density at radius 3 is 1.10 bits per heavy atom. The molecule has 0 spiro atoms. The van der Waals surface area contributed by atoms with Gasteiger partial charge in [0, 0.05) is 181 Å². The van der Waals surface area contributed by atoms with Gasteiger partial charge in [0.15, 0.2) is 11.6 Å². The molecule has 16 heteroatoms. The molecule has 5 aromatic heterocycles. The molecule has 117 heavy (non-hydrogen) atoms. The number of para-hydroxylation sites is 2. The van der Waals surface area contributed by atoms with Gasteiger partial charge in [0.1, 0.15) is 11.5 Å². The van der Waals surface area contributed by atoms with Crippen molar-refractivity contribution in [1.82, 2.24) is 34.7 Å². The van der Waals surface area contributed by atoms with E-state index >= 15 is 0 Å². The van der Waals surface area contributed by atoms with Crippen LogP contribution in [0, 0.1) is 59.8 Å². The number of hydrogen-bond donors (Lipinski definition) is 2. The maximum Gasteiger partial charge on any atom is 0.164 e. The summed E-state index contributed by atoms with van der Waals surface area (Å²) in [6.45, 7) is 26.3. The fourth-order valence-corrected chi connectivity index (χ4v) is 10.9. The molecule has 0 saturated heterocycles. The molecule has 14 rings (SSSR count). The Morgan fingerprint density at radius 1 is 0.342 bits per heavy atom. The molecule has 0 aliphatic rings. The van der Waals surface area contributed by atoms with Gasteiger partial charge in [-0.2, -0.15) is 5.10 Å². The molecule has 12 nitrogen and oxygen atoms in total. The smallest absolute Gasteiger partial charge is 0.164 e. The van der Waals surface area contributed by atoms with Crippen molar-refractivity contribution in [2.45, 2.75) is 96.9 Å². The monoisotopic (exact) mass is 2260 g/mol. The fraction of sp³-hybridized carbons (Fsp3) is 0.188. The number of carbonyl (C=O) groups excluding carboxylic acids is 2. The van der Waals surface area contributed by atoms with E-state index in [4.69, 9.17) is 0 Å². The summed E-state index contributed by atoms with van der Waals surface area (Å²) in [6.07, 6.45) is 13.5. The second-order valence-corrected chi connectivity index (χ2v) is 31.1. The molecule has 0 atom stereocenters. The van der Waals surface area contributed by atoms with Gasteiger partial charge in [0.05, 0.1) is 5.82 Å². The Morgan fingerprint density at radius 2 is 0.718 bits per heavy atom. The quantitative estimate of drug-likeness (QED) is 0.0642. The van der Waals surface area contributed by atoms with Gasteiger partial charge in [0.2, 0.25) is 0 Å². The van der Waals surface area contributed by atoms with Crippen molar-refractivity contribution >= 4 is 28.6 Å². The van der Waals surface area contributed by atoms with E-state index in [1.165, 1.54) is 45.5 Å². The minimum Gasteiger partial charge on any atom is -0.512 e. The van der Waals surface area contributed by atoms with E-state index in [9.17, 15) is 19.8 Å². The Bertz CT molecular complexity index is 5270. The van der Waals surface area contributed by atoms with Crippen LogP contribution in [-0.4, -0.2) is 56.5 Å². The van der Waals surface area contributed by atoms with Gasteiger partial charge in [0.25, 0.3) is 0 Å². The molecular weight excluding hydrogens is 2160 g/mol. The van der Waals surface area contributed by atoms with Gasteiger partial charge in [-0.25, -0.2) is 0 Å². The molecule has 5 heterocycles. The van der Waals surface area contributed by atoms with E-state index in [1.54, 1.807) is 18.6 Å².